The minimum Gasteiger partial charge on any atom is -0.496 e. The Kier molecular flexibility index (Phi) is 4.02. The predicted octanol–water partition coefficient (Wildman–Crippen LogP) is 3.94. The first kappa shape index (κ1) is 17.7. The maximum absolute atomic E-state index is 11.8. The lowest BCUT2D eigenvalue weighted by Gasteiger charge is -2.22. The summed E-state index contributed by atoms with van der Waals surface area (Å²) >= 11 is 1.55. The SMILES string of the molecule is COc1cc2c(cc1-c1ccn(C)n1)-c1c(-c3cccs3)nc(C(=O)O)n1CC2. The van der Waals surface area contributed by atoms with Crippen molar-refractivity contribution in [2.45, 2.75) is 13.0 Å². The van der Waals surface area contributed by atoms with Crippen LogP contribution in [-0.4, -0.2) is 37.5 Å². The van der Waals surface area contributed by atoms with Crippen LogP contribution in [0.3, 0.4) is 0 Å². The van der Waals surface area contributed by atoms with Crippen molar-refractivity contribution in [2.75, 3.05) is 7.11 Å². The number of thiophene rings is 1. The molecule has 0 amide bonds. The fourth-order valence-corrected chi connectivity index (χ4v) is 4.62. The largest absolute Gasteiger partial charge is 0.496 e. The third kappa shape index (κ3) is 2.75. The van der Waals surface area contributed by atoms with Gasteiger partial charge in [-0.2, -0.15) is 5.10 Å². The van der Waals surface area contributed by atoms with Crippen LogP contribution < -0.4 is 4.74 Å². The lowest BCUT2D eigenvalue weighted by atomic mass is 9.93. The molecule has 146 valence electrons. The van der Waals surface area contributed by atoms with Gasteiger partial charge in [-0.25, -0.2) is 9.78 Å². The third-order valence-corrected chi connectivity index (χ3v) is 6.06. The Hall–Kier alpha value is -3.39. The van der Waals surface area contributed by atoms with Crippen molar-refractivity contribution in [3.8, 4) is 38.8 Å². The number of aromatic carboxylic acids is 1. The van der Waals surface area contributed by atoms with E-state index in [1.165, 1.54) is 0 Å². The highest BCUT2D eigenvalue weighted by atomic mass is 32.1. The summed E-state index contributed by atoms with van der Waals surface area (Å²) in [6, 6.07) is 9.94. The zero-order chi connectivity index (χ0) is 20.1. The first-order valence-electron chi connectivity index (χ1n) is 9.16. The molecule has 0 atom stereocenters. The normalized spacial score (nSPS) is 12.5. The molecule has 0 saturated heterocycles. The van der Waals surface area contributed by atoms with Crippen LogP contribution in [-0.2, 0) is 20.0 Å². The number of nitrogens with zero attached hydrogens (tertiary/aromatic N) is 4. The average molecular weight is 406 g/mol. The van der Waals surface area contributed by atoms with E-state index >= 15 is 0 Å². The molecule has 0 spiro atoms. The molecule has 0 aliphatic carbocycles. The quantitative estimate of drug-likeness (QED) is 0.555. The van der Waals surface area contributed by atoms with Crippen LogP contribution in [0.25, 0.3) is 33.1 Å². The van der Waals surface area contributed by atoms with Gasteiger partial charge in [0.25, 0.3) is 0 Å². The van der Waals surface area contributed by atoms with Gasteiger partial charge in [0.2, 0.25) is 5.82 Å². The van der Waals surface area contributed by atoms with E-state index in [9.17, 15) is 9.90 Å². The van der Waals surface area contributed by atoms with E-state index in [1.807, 2.05) is 53.5 Å². The molecule has 1 aliphatic heterocycles. The summed E-state index contributed by atoms with van der Waals surface area (Å²) in [6.45, 7) is 0.564. The average Bonchev–Trinajstić information content (AvgIpc) is 3.45. The summed E-state index contributed by atoms with van der Waals surface area (Å²) in [7, 11) is 3.53. The number of carboxylic acids is 1. The Balaban J connectivity index is 1.80. The minimum atomic E-state index is -1.02. The molecule has 0 radical (unpaired) electrons. The van der Waals surface area contributed by atoms with Crippen LogP contribution in [0.5, 0.6) is 5.75 Å². The van der Waals surface area contributed by atoms with Gasteiger partial charge >= 0.3 is 5.97 Å². The number of benzene rings is 1. The van der Waals surface area contributed by atoms with Crippen molar-refractivity contribution < 1.29 is 14.6 Å². The van der Waals surface area contributed by atoms with Crippen LogP contribution in [0.4, 0.5) is 0 Å². The maximum atomic E-state index is 11.8. The zero-order valence-electron chi connectivity index (χ0n) is 15.9. The summed E-state index contributed by atoms with van der Waals surface area (Å²) in [5.41, 5.74) is 5.31. The number of aromatic nitrogens is 4. The number of hydrogen-bond acceptors (Lipinski definition) is 5. The molecule has 8 heteroatoms. The monoisotopic (exact) mass is 406 g/mol. The van der Waals surface area contributed by atoms with E-state index in [1.54, 1.807) is 23.1 Å². The lowest BCUT2D eigenvalue weighted by molar-refractivity contribution is 0.0678. The van der Waals surface area contributed by atoms with Crippen LogP contribution in [0.2, 0.25) is 0 Å². The summed E-state index contributed by atoms with van der Waals surface area (Å²) in [5.74, 6) is -0.188. The number of aryl methyl sites for hydroxylation is 2. The van der Waals surface area contributed by atoms with E-state index in [2.05, 4.69) is 10.1 Å². The van der Waals surface area contributed by atoms with Gasteiger partial charge in [0.15, 0.2) is 0 Å². The van der Waals surface area contributed by atoms with Crippen molar-refractivity contribution in [2.24, 2.45) is 7.05 Å². The summed E-state index contributed by atoms with van der Waals surface area (Å²) in [5, 5.41) is 16.2. The van der Waals surface area contributed by atoms with E-state index < -0.39 is 5.97 Å². The van der Waals surface area contributed by atoms with Gasteiger partial charge in [0.05, 0.1) is 23.4 Å². The topological polar surface area (TPSA) is 82.2 Å². The van der Waals surface area contributed by atoms with E-state index in [4.69, 9.17) is 4.74 Å². The molecule has 29 heavy (non-hydrogen) atoms. The first-order chi connectivity index (χ1) is 14.1. The van der Waals surface area contributed by atoms with Crippen LogP contribution >= 0.6 is 11.3 Å². The Morgan fingerprint density at radius 2 is 2.14 bits per heavy atom. The highest BCUT2D eigenvalue weighted by Gasteiger charge is 2.29. The molecule has 0 saturated carbocycles. The van der Waals surface area contributed by atoms with Gasteiger partial charge in [-0.3, -0.25) is 4.68 Å². The molecule has 0 fully saturated rings. The molecule has 0 bridgehead atoms. The lowest BCUT2D eigenvalue weighted by Crippen LogP contribution is -2.16. The first-order valence-corrected chi connectivity index (χ1v) is 10.0. The molecule has 3 aromatic heterocycles. The number of methoxy groups -OCH3 is 1. The van der Waals surface area contributed by atoms with Gasteiger partial charge in [-0.15, -0.1) is 11.3 Å². The second-order valence-electron chi connectivity index (χ2n) is 6.90. The second-order valence-corrected chi connectivity index (χ2v) is 7.85. The van der Waals surface area contributed by atoms with Crippen LogP contribution in [0.15, 0.2) is 41.9 Å². The number of rotatable bonds is 4. The van der Waals surface area contributed by atoms with Crippen molar-refractivity contribution in [3.05, 3.63) is 53.3 Å². The maximum Gasteiger partial charge on any atom is 0.372 e. The van der Waals surface area contributed by atoms with Gasteiger partial charge in [-0.1, -0.05) is 6.07 Å². The zero-order valence-corrected chi connectivity index (χ0v) is 16.7. The summed E-state index contributed by atoms with van der Waals surface area (Å²) in [4.78, 5) is 17.3. The number of carboxylic acid groups (broad SMARTS) is 1. The molecule has 0 unspecified atom stereocenters. The van der Waals surface area contributed by atoms with Crippen molar-refractivity contribution in [1.29, 1.82) is 0 Å². The Labute approximate surface area is 170 Å². The van der Waals surface area contributed by atoms with Crippen molar-refractivity contribution in [3.63, 3.8) is 0 Å². The number of carbonyl (C=O) groups is 1. The third-order valence-electron chi connectivity index (χ3n) is 5.19. The Bertz CT molecular complexity index is 1240. The van der Waals surface area contributed by atoms with Gasteiger partial charge in [0.1, 0.15) is 11.4 Å². The van der Waals surface area contributed by atoms with Gasteiger partial charge in [-0.05, 0) is 41.6 Å². The molecule has 4 heterocycles. The molecule has 5 rings (SSSR count). The Morgan fingerprint density at radius 1 is 1.28 bits per heavy atom. The fraction of sp³-hybridized carbons (Fsp3) is 0.190. The second kappa shape index (κ2) is 6.59. The van der Waals surface area contributed by atoms with Crippen molar-refractivity contribution >= 4 is 17.3 Å². The number of imidazole rings is 1. The molecule has 7 nitrogen and oxygen atoms in total. The van der Waals surface area contributed by atoms with Crippen LogP contribution in [0.1, 0.15) is 16.2 Å². The molecule has 4 aromatic rings. The standard InChI is InChI=1S/C21H18N4O3S/c1-24-7-6-15(23-24)14-11-13-12(10-16(14)28-2)5-8-25-19(13)18(17-4-3-9-29-17)22-20(25)21(26)27/h3-4,6-7,9-11H,5,8H2,1-2H3,(H,26,27). The number of fused-ring (bicyclic) bond motifs is 3. The van der Waals surface area contributed by atoms with Gasteiger partial charge < -0.3 is 14.4 Å². The smallest absolute Gasteiger partial charge is 0.372 e. The van der Waals surface area contributed by atoms with Gasteiger partial charge in [0, 0.05) is 30.9 Å². The van der Waals surface area contributed by atoms with Crippen LogP contribution in [0, 0.1) is 0 Å². The minimum absolute atomic E-state index is 0.0734. The number of hydrogen-bond donors (Lipinski definition) is 1. The molecular weight excluding hydrogens is 388 g/mol. The molecular formula is C21H18N4O3S. The van der Waals surface area contributed by atoms with Crippen molar-refractivity contribution in [1.82, 2.24) is 19.3 Å². The fourth-order valence-electron chi connectivity index (χ4n) is 3.90. The summed E-state index contributed by atoms with van der Waals surface area (Å²) in [6.07, 6.45) is 2.60. The molecule has 1 N–H and O–H groups in total. The van der Waals surface area contributed by atoms with E-state index in [-0.39, 0.29) is 5.82 Å². The predicted molar refractivity (Wildman–Crippen MR) is 110 cm³/mol. The Morgan fingerprint density at radius 3 is 2.79 bits per heavy atom. The van der Waals surface area contributed by atoms with E-state index in [0.29, 0.717) is 18.7 Å². The number of ether oxygens (including phenoxy) is 1. The van der Waals surface area contributed by atoms with E-state index in [0.717, 1.165) is 38.7 Å². The highest BCUT2D eigenvalue weighted by molar-refractivity contribution is 7.13. The summed E-state index contributed by atoms with van der Waals surface area (Å²) < 4.78 is 9.21. The highest BCUT2D eigenvalue weighted by Crippen LogP contribution is 2.43. The molecule has 1 aliphatic rings. The molecule has 1 aromatic carbocycles.